The molecule has 4 nitrogen and oxygen atoms in total. The molecule has 0 spiro atoms. The molecule has 0 bridgehead atoms. The highest BCUT2D eigenvalue weighted by molar-refractivity contribution is 5.66. The van der Waals surface area contributed by atoms with E-state index >= 15 is 0 Å². The van der Waals surface area contributed by atoms with Gasteiger partial charge in [-0.25, -0.2) is 0 Å². The average Bonchev–Trinajstić information content (AvgIpc) is 2.34. The number of aliphatic hydroxyl groups excluding tert-OH is 1. The van der Waals surface area contributed by atoms with Crippen LogP contribution < -0.4 is 5.32 Å². The molecule has 18 heavy (non-hydrogen) atoms. The Hall–Kier alpha value is -1.55. The van der Waals surface area contributed by atoms with Crippen molar-refractivity contribution < 1.29 is 15.0 Å². The zero-order chi connectivity index (χ0) is 13.5. The van der Waals surface area contributed by atoms with E-state index in [0.29, 0.717) is 6.54 Å². The van der Waals surface area contributed by atoms with Crippen LogP contribution in [0.15, 0.2) is 18.2 Å². The summed E-state index contributed by atoms with van der Waals surface area (Å²) in [6.07, 6.45) is 0.563. The van der Waals surface area contributed by atoms with E-state index in [1.54, 1.807) is 0 Å². The molecule has 4 heteroatoms. The van der Waals surface area contributed by atoms with Crippen molar-refractivity contribution in [3.05, 3.63) is 29.3 Å². The lowest BCUT2D eigenvalue weighted by molar-refractivity contribution is -0.137. The van der Waals surface area contributed by atoms with Crippen LogP contribution in [0.5, 0.6) is 0 Å². The Labute approximate surface area is 108 Å². The van der Waals surface area contributed by atoms with Gasteiger partial charge in [0.2, 0.25) is 0 Å². The summed E-state index contributed by atoms with van der Waals surface area (Å²) < 4.78 is 0. The highest BCUT2D eigenvalue weighted by atomic mass is 16.4. The van der Waals surface area contributed by atoms with Crippen molar-refractivity contribution in [1.29, 1.82) is 0 Å². The number of hydrogen-bond acceptors (Lipinski definition) is 3. The van der Waals surface area contributed by atoms with Crippen LogP contribution >= 0.6 is 0 Å². The van der Waals surface area contributed by atoms with Crippen molar-refractivity contribution in [2.24, 2.45) is 0 Å². The molecule has 3 N–H and O–H groups in total. The van der Waals surface area contributed by atoms with Crippen LogP contribution in [-0.2, 0) is 11.2 Å². The summed E-state index contributed by atoms with van der Waals surface area (Å²) in [7, 11) is 0. The number of carbonyl (C=O) groups is 1. The van der Waals surface area contributed by atoms with Gasteiger partial charge in [0, 0.05) is 18.7 Å². The fourth-order valence-electron chi connectivity index (χ4n) is 1.89. The third kappa shape index (κ3) is 4.37. The number of carboxylic acid groups (broad SMARTS) is 1. The summed E-state index contributed by atoms with van der Waals surface area (Å²) in [5, 5.41) is 21.4. The first-order valence-corrected chi connectivity index (χ1v) is 6.26. The van der Waals surface area contributed by atoms with Crippen LogP contribution in [0.2, 0.25) is 0 Å². The number of rotatable bonds is 7. The number of hydrogen-bond donors (Lipinski definition) is 3. The maximum atomic E-state index is 10.4. The van der Waals surface area contributed by atoms with E-state index in [0.717, 1.165) is 17.7 Å². The van der Waals surface area contributed by atoms with E-state index in [1.165, 1.54) is 5.56 Å². The van der Waals surface area contributed by atoms with Gasteiger partial charge in [-0.2, -0.15) is 0 Å². The number of carboxylic acids is 1. The van der Waals surface area contributed by atoms with Crippen molar-refractivity contribution in [2.45, 2.75) is 39.2 Å². The molecule has 1 rings (SSSR count). The van der Waals surface area contributed by atoms with Gasteiger partial charge in [-0.1, -0.05) is 25.1 Å². The average molecular weight is 251 g/mol. The van der Waals surface area contributed by atoms with Gasteiger partial charge >= 0.3 is 5.97 Å². The van der Waals surface area contributed by atoms with Crippen molar-refractivity contribution in [3.63, 3.8) is 0 Å². The fraction of sp³-hybridized carbons (Fsp3) is 0.500. The molecule has 0 aliphatic carbocycles. The molecule has 0 amide bonds. The summed E-state index contributed by atoms with van der Waals surface area (Å²) in [5.74, 6) is -0.876. The summed E-state index contributed by atoms with van der Waals surface area (Å²) in [5.41, 5.74) is 3.40. The molecular formula is C14H21NO3. The Morgan fingerprint density at radius 2 is 2.17 bits per heavy atom. The Morgan fingerprint density at radius 1 is 1.44 bits per heavy atom. The van der Waals surface area contributed by atoms with E-state index in [4.69, 9.17) is 5.11 Å². The van der Waals surface area contributed by atoms with Gasteiger partial charge in [0.25, 0.3) is 0 Å². The highest BCUT2D eigenvalue weighted by Crippen LogP contribution is 2.21. The summed E-state index contributed by atoms with van der Waals surface area (Å²) in [6.45, 7) is 4.48. The lowest BCUT2D eigenvalue weighted by Crippen LogP contribution is -2.21. The number of benzene rings is 1. The largest absolute Gasteiger partial charge is 0.481 e. The van der Waals surface area contributed by atoms with Gasteiger partial charge in [0.15, 0.2) is 0 Å². The molecular weight excluding hydrogens is 230 g/mol. The smallest absolute Gasteiger partial charge is 0.303 e. The van der Waals surface area contributed by atoms with Crippen LogP contribution in [0.1, 0.15) is 30.9 Å². The van der Waals surface area contributed by atoms with E-state index in [9.17, 15) is 9.90 Å². The van der Waals surface area contributed by atoms with E-state index < -0.39 is 12.1 Å². The molecule has 100 valence electrons. The SMILES string of the molecule is CCc1cccc(C)c1NCC(O)CCC(=O)O. The summed E-state index contributed by atoms with van der Waals surface area (Å²) in [4.78, 5) is 10.4. The number of aliphatic hydroxyl groups is 1. The van der Waals surface area contributed by atoms with Gasteiger partial charge in [-0.3, -0.25) is 4.79 Å². The van der Waals surface area contributed by atoms with Gasteiger partial charge in [0.1, 0.15) is 0 Å². The van der Waals surface area contributed by atoms with Crippen LogP contribution in [0.3, 0.4) is 0 Å². The number of anilines is 1. The van der Waals surface area contributed by atoms with Crippen molar-refractivity contribution in [2.75, 3.05) is 11.9 Å². The third-order valence-corrected chi connectivity index (χ3v) is 2.95. The zero-order valence-corrected chi connectivity index (χ0v) is 10.9. The Kier molecular flexibility index (Phi) is 5.65. The van der Waals surface area contributed by atoms with Gasteiger partial charge < -0.3 is 15.5 Å². The summed E-state index contributed by atoms with van der Waals surface area (Å²) in [6, 6.07) is 6.09. The molecule has 0 saturated carbocycles. The van der Waals surface area contributed by atoms with Crippen molar-refractivity contribution in [3.8, 4) is 0 Å². The van der Waals surface area contributed by atoms with Crippen LogP contribution in [0, 0.1) is 6.92 Å². The van der Waals surface area contributed by atoms with E-state index in [1.807, 2.05) is 19.1 Å². The molecule has 0 aliphatic heterocycles. The zero-order valence-electron chi connectivity index (χ0n) is 10.9. The molecule has 1 aromatic carbocycles. The molecule has 1 unspecified atom stereocenters. The lowest BCUT2D eigenvalue weighted by Gasteiger charge is -2.16. The molecule has 0 fully saturated rings. The Bertz CT molecular complexity index is 404. The standard InChI is InChI=1S/C14H21NO3/c1-3-11-6-4-5-10(2)14(11)15-9-12(16)7-8-13(17)18/h4-6,12,15-16H,3,7-9H2,1-2H3,(H,17,18). The first kappa shape index (κ1) is 14.5. The number of para-hydroxylation sites is 1. The molecule has 0 aromatic heterocycles. The predicted octanol–water partition coefficient (Wildman–Crippen LogP) is 2.20. The van der Waals surface area contributed by atoms with Crippen LogP contribution in [-0.4, -0.2) is 28.8 Å². The molecule has 0 heterocycles. The third-order valence-electron chi connectivity index (χ3n) is 2.95. The molecule has 0 saturated heterocycles. The molecule has 0 radical (unpaired) electrons. The minimum absolute atomic E-state index is 0.00272. The quantitative estimate of drug-likeness (QED) is 0.695. The van der Waals surface area contributed by atoms with Crippen molar-refractivity contribution in [1.82, 2.24) is 0 Å². The second kappa shape index (κ2) is 7.01. The fourth-order valence-corrected chi connectivity index (χ4v) is 1.89. The van der Waals surface area contributed by atoms with E-state index in [-0.39, 0.29) is 12.8 Å². The second-order valence-corrected chi connectivity index (χ2v) is 4.43. The molecule has 1 aromatic rings. The van der Waals surface area contributed by atoms with Gasteiger partial charge in [-0.15, -0.1) is 0 Å². The Morgan fingerprint density at radius 3 is 2.78 bits per heavy atom. The minimum Gasteiger partial charge on any atom is -0.481 e. The first-order valence-electron chi connectivity index (χ1n) is 6.26. The second-order valence-electron chi connectivity index (χ2n) is 4.43. The van der Waals surface area contributed by atoms with Gasteiger partial charge in [-0.05, 0) is 30.9 Å². The first-order chi connectivity index (χ1) is 8.54. The number of aryl methyl sites for hydroxylation is 2. The van der Waals surface area contributed by atoms with Crippen LogP contribution in [0.4, 0.5) is 5.69 Å². The maximum Gasteiger partial charge on any atom is 0.303 e. The molecule has 0 aliphatic rings. The maximum absolute atomic E-state index is 10.4. The monoisotopic (exact) mass is 251 g/mol. The van der Waals surface area contributed by atoms with Gasteiger partial charge in [0.05, 0.1) is 6.10 Å². The lowest BCUT2D eigenvalue weighted by atomic mass is 10.1. The molecule has 1 atom stereocenters. The van der Waals surface area contributed by atoms with E-state index in [2.05, 4.69) is 18.3 Å². The normalized spacial score (nSPS) is 12.2. The summed E-state index contributed by atoms with van der Waals surface area (Å²) >= 11 is 0. The topological polar surface area (TPSA) is 69.6 Å². The minimum atomic E-state index is -0.876. The highest BCUT2D eigenvalue weighted by Gasteiger charge is 2.09. The van der Waals surface area contributed by atoms with Crippen molar-refractivity contribution >= 4 is 11.7 Å². The van der Waals surface area contributed by atoms with Crippen LogP contribution in [0.25, 0.3) is 0 Å². The predicted molar refractivity (Wildman–Crippen MR) is 71.9 cm³/mol. The Balaban J connectivity index is 2.55. The number of aliphatic carboxylic acids is 1. The number of nitrogens with one attached hydrogen (secondary N) is 1.